The fourth-order valence-electron chi connectivity index (χ4n) is 1.29. The minimum atomic E-state index is -0.242. The van der Waals surface area contributed by atoms with E-state index in [2.05, 4.69) is 0 Å². The second kappa shape index (κ2) is 3.18. The Hall–Kier alpha value is -1.35. The van der Waals surface area contributed by atoms with Gasteiger partial charge in [0.15, 0.2) is 6.29 Å². The van der Waals surface area contributed by atoms with Gasteiger partial charge in [-0.3, -0.25) is 0 Å². The van der Waals surface area contributed by atoms with Gasteiger partial charge in [-0.1, -0.05) is 12.1 Å². The van der Waals surface area contributed by atoms with Crippen molar-refractivity contribution in [1.29, 1.82) is 0 Å². The number of epoxide rings is 1. The van der Waals surface area contributed by atoms with Gasteiger partial charge in [0.05, 0.1) is 7.11 Å². The molecule has 0 unspecified atom stereocenters. The number of carbonyl (C=O) groups excluding carboxylic acids is 1. The van der Waals surface area contributed by atoms with Gasteiger partial charge in [0.25, 0.3) is 0 Å². The number of hydrogen-bond acceptors (Lipinski definition) is 3. The standard InChI is InChI=1S/C10H10O3/c1-12-8-4-2-7(3-5-8)10-9(6-11)13-10/h2-6,9-10H,1H3/t9-,10-/m1/s1. The molecule has 0 amide bonds. The van der Waals surface area contributed by atoms with Crippen LogP contribution in [0.25, 0.3) is 0 Å². The van der Waals surface area contributed by atoms with E-state index in [1.54, 1.807) is 7.11 Å². The molecule has 1 saturated heterocycles. The Morgan fingerprint density at radius 1 is 1.38 bits per heavy atom. The quantitative estimate of drug-likeness (QED) is 0.517. The van der Waals surface area contributed by atoms with E-state index in [0.717, 1.165) is 17.6 Å². The second-order valence-corrected chi connectivity index (χ2v) is 2.93. The molecule has 0 spiro atoms. The van der Waals surface area contributed by atoms with E-state index in [1.165, 1.54) is 0 Å². The van der Waals surface area contributed by atoms with E-state index in [-0.39, 0.29) is 12.2 Å². The number of benzene rings is 1. The molecule has 3 nitrogen and oxygen atoms in total. The first-order valence-corrected chi connectivity index (χ1v) is 4.10. The molecule has 2 rings (SSSR count). The zero-order chi connectivity index (χ0) is 9.26. The maximum Gasteiger partial charge on any atom is 0.151 e. The Kier molecular flexibility index (Phi) is 2.02. The number of carbonyl (C=O) groups is 1. The third-order valence-electron chi connectivity index (χ3n) is 2.10. The van der Waals surface area contributed by atoms with Gasteiger partial charge in [0.1, 0.15) is 18.0 Å². The minimum Gasteiger partial charge on any atom is -0.497 e. The Morgan fingerprint density at radius 2 is 2.08 bits per heavy atom. The molecule has 1 aliphatic rings. The summed E-state index contributed by atoms with van der Waals surface area (Å²) in [5.41, 5.74) is 1.03. The molecule has 0 aromatic heterocycles. The summed E-state index contributed by atoms with van der Waals surface area (Å²) in [6.07, 6.45) is 0.548. The van der Waals surface area contributed by atoms with E-state index in [0.29, 0.717) is 0 Å². The summed E-state index contributed by atoms with van der Waals surface area (Å²) >= 11 is 0. The van der Waals surface area contributed by atoms with E-state index < -0.39 is 0 Å². The molecule has 1 aliphatic heterocycles. The largest absolute Gasteiger partial charge is 0.497 e. The van der Waals surface area contributed by atoms with Crippen molar-refractivity contribution in [1.82, 2.24) is 0 Å². The van der Waals surface area contributed by atoms with Crippen LogP contribution in [0.4, 0.5) is 0 Å². The average Bonchev–Trinajstić information content (AvgIpc) is 2.97. The van der Waals surface area contributed by atoms with Crippen LogP contribution in [-0.2, 0) is 9.53 Å². The highest BCUT2D eigenvalue weighted by molar-refractivity contribution is 5.61. The van der Waals surface area contributed by atoms with Crippen LogP contribution >= 0.6 is 0 Å². The van der Waals surface area contributed by atoms with Gasteiger partial charge in [-0.05, 0) is 17.7 Å². The van der Waals surface area contributed by atoms with Crippen molar-refractivity contribution in [3.63, 3.8) is 0 Å². The third kappa shape index (κ3) is 1.55. The van der Waals surface area contributed by atoms with Crippen molar-refractivity contribution in [2.45, 2.75) is 12.2 Å². The van der Waals surface area contributed by atoms with Gasteiger partial charge in [-0.15, -0.1) is 0 Å². The van der Waals surface area contributed by atoms with E-state index in [1.807, 2.05) is 24.3 Å². The summed E-state index contributed by atoms with van der Waals surface area (Å²) in [4.78, 5) is 10.3. The number of ether oxygens (including phenoxy) is 2. The van der Waals surface area contributed by atoms with Crippen molar-refractivity contribution < 1.29 is 14.3 Å². The van der Waals surface area contributed by atoms with Gasteiger partial charge < -0.3 is 14.3 Å². The van der Waals surface area contributed by atoms with Crippen LogP contribution in [0, 0.1) is 0 Å². The lowest BCUT2D eigenvalue weighted by Crippen LogP contribution is -1.89. The average molecular weight is 178 g/mol. The van der Waals surface area contributed by atoms with Crippen molar-refractivity contribution >= 4 is 6.29 Å². The zero-order valence-electron chi connectivity index (χ0n) is 7.27. The van der Waals surface area contributed by atoms with Gasteiger partial charge in [0.2, 0.25) is 0 Å². The first-order valence-electron chi connectivity index (χ1n) is 4.10. The van der Waals surface area contributed by atoms with Crippen molar-refractivity contribution in [2.24, 2.45) is 0 Å². The van der Waals surface area contributed by atoms with Crippen LogP contribution in [0.3, 0.4) is 0 Å². The molecule has 1 fully saturated rings. The molecule has 1 heterocycles. The second-order valence-electron chi connectivity index (χ2n) is 2.93. The van der Waals surface area contributed by atoms with Gasteiger partial charge in [-0.2, -0.15) is 0 Å². The van der Waals surface area contributed by atoms with Crippen molar-refractivity contribution in [2.75, 3.05) is 7.11 Å². The maximum atomic E-state index is 10.3. The summed E-state index contributed by atoms with van der Waals surface area (Å²) in [7, 11) is 1.62. The lowest BCUT2D eigenvalue weighted by molar-refractivity contribution is -0.108. The van der Waals surface area contributed by atoms with Crippen LogP contribution in [0.15, 0.2) is 24.3 Å². The molecule has 1 aromatic carbocycles. The van der Waals surface area contributed by atoms with E-state index >= 15 is 0 Å². The molecular weight excluding hydrogens is 168 g/mol. The highest BCUT2D eigenvalue weighted by Crippen LogP contribution is 2.37. The van der Waals surface area contributed by atoms with Crippen molar-refractivity contribution in [3.8, 4) is 5.75 Å². The molecule has 0 saturated carbocycles. The number of methoxy groups -OCH3 is 1. The Bertz CT molecular complexity index is 304. The summed E-state index contributed by atoms with van der Waals surface area (Å²) < 4.78 is 10.1. The topological polar surface area (TPSA) is 38.8 Å². The SMILES string of the molecule is COc1ccc([C@H]2O[C@@H]2C=O)cc1. The highest BCUT2D eigenvalue weighted by Gasteiger charge is 2.39. The number of rotatable bonds is 3. The minimum absolute atomic E-state index is 0.0385. The monoisotopic (exact) mass is 178 g/mol. The lowest BCUT2D eigenvalue weighted by Gasteiger charge is -1.99. The van der Waals surface area contributed by atoms with Crippen LogP contribution in [-0.4, -0.2) is 19.5 Å². The molecule has 0 N–H and O–H groups in total. The fourth-order valence-corrected chi connectivity index (χ4v) is 1.29. The normalized spacial score (nSPS) is 25.3. The fraction of sp³-hybridized carbons (Fsp3) is 0.300. The summed E-state index contributed by atoms with van der Waals surface area (Å²) in [5.74, 6) is 0.812. The van der Waals surface area contributed by atoms with Crippen LogP contribution in [0.5, 0.6) is 5.75 Å². The molecule has 0 bridgehead atoms. The molecule has 13 heavy (non-hydrogen) atoms. The Labute approximate surface area is 76.3 Å². The smallest absolute Gasteiger partial charge is 0.151 e. The lowest BCUT2D eigenvalue weighted by atomic mass is 10.1. The van der Waals surface area contributed by atoms with E-state index in [4.69, 9.17) is 9.47 Å². The summed E-state index contributed by atoms with van der Waals surface area (Å²) in [6.45, 7) is 0. The summed E-state index contributed by atoms with van der Waals surface area (Å²) in [5, 5.41) is 0. The Balaban J connectivity index is 2.11. The molecule has 2 atom stereocenters. The first kappa shape index (κ1) is 8.26. The van der Waals surface area contributed by atoms with Crippen molar-refractivity contribution in [3.05, 3.63) is 29.8 Å². The van der Waals surface area contributed by atoms with Crippen LogP contribution in [0.2, 0.25) is 0 Å². The van der Waals surface area contributed by atoms with Crippen LogP contribution in [0.1, 0.15) is 11.7 Å². The molecule has 3 heteroatoms. The first-order chi connectivity index (χ1) is 6.35. The van der Waals surface area contributed by atoms with Gasteiger partial charge in [0, 0.05) is 0 Å². The Morgan fingerprint density at radius 3 is 2.54 bits per heavy atom. The third-order valence-corrected chi connectivity index (χ3v) is 2.10. The maximum absolute atomic E-state index is 10.3. The predicted molar refractivity (Wildman–Crippen MR) is 46.7 cm³/mol. The molecular formula is C10H10O3. The zero-order valence-corrected chi connectivity index (χ0v) is 7.27. The molecule has 0 radical (unpaired) electrons. The predicted octanol–water partition coefficient (Wildman–Crippen LogP) is 1.33. The molecule has 0 aliphatic carbocycles. The van der Waals surface area contributed by atoms with Crippen LogP contribution < -0.4 is 4.74 Å². The molecule has 1 aromatic rings. The number of hydrogen-bond donors (Lipinski definition) is 0. The van der Waals surface area contributed by atoms with E-state index in [9.17, 15) is 4.79 Å². The number of aldehydes is 1. The molecule has 68 valence electrons. The highest BCUT2D eigenvalue weighted by atomic mass is 16.6. The van der Waals surface area contributed by atoms with Gasteiger partial charge >= 0.3 is 0 Å². The summed E-state index contributed by atoms with van der Waals surface area (Å²) in [6, 6.07) is 7.54. The van der Waals surface area contributed by atoms with Gasteiger partial charge in [-0.25, -0.2) is 0 Å².